The third-order valence-corrected chi connectivity index (χ3v) is 3.26. The lowest BCUT2D eigenvalue weighted by molar-refractivity contribution is -0.125. The Labute approximate surface area is 118 Å². The predicted octanol–water partition coefficient (Wildman–Crippen LogP) is 1.57. The minimum atomic E-state index is -0.204. The van der Waals surface area contributed by atoms with Crippen LogP contribution in [-0.2, 0) is 4.79 Å². The van der Waals surface area contributed by atoms with Crippen LogP contribution in [0.25, 0.3) is 0 Å². The first kappa shape index (κ1) is 13.5. The molecule has 1 aliphatic heterocycles. The van der Waals surface area contributed by atoms with Gasteiger partial charge >= 0.3 is 0 Å². The van der Waals surface area contributed by atoms with E-state index in [9.17, 15) is 4.79 Å². The van der Waals surface area contributed by atoms with Crippen molar-refractivity contribution in [3.63, 3.8) is 0 Å². The second-order valence-corrected chi connectivity index (χ2v) is 5.09. The van der Waals surface area contributed by atoms with Crippen LogP contribution in [0.2, 0.25) is 0 Å². The predicted molar refractivity (Wildman–Crippen MR) is 79.4 cm³/mol. The lowest BCUT2D eigenvalue weighted by Gasteiger charge is -2.31. The molecule has 1 aromatic carbocycles. The summed E-state index contributed by atoms with van der Waals surface area (Å²) in [6, 6.07) is 9.63. The molecule has 0 aliphatic carbocycles. The van der Waals surface area contributed by atoms with Crippen LogP contribution in [0.5, 0.6) is 0 Å². The maximum absolute atomic E-state index is 12.3. The largest absolute Gasteiger partial charge is 0.351 e. The van der Waals surface area contributed by atoms with Gasteiger partial charge in [0.15, 0.2) is 5.11 Å². The van der Waals surface area contributed by atoms with Crippen molar-refractivity contribution in [2.45, 2.75) is 13.0 Å². The molecule has 19 heavy (non-hydrogen) atoms. The van der Waals surface area contributed by atoms with Crippen molar-refractivity contribution in [1.82, 2.24) is 15.5 Å². The van der Waals surface area contributed by atoms with E-state index in [4.69, 9.17) is 12.2 Å². The van der Waals surface area contributed by atoms with Crippen molar-refractivity contribution in [2.75, 3.05) is 14.1 Å². The minimum Gasteiger partial charge on any atom is -0.351 e. The summed E-state index contributed by atoms with van der Waals surface area (Å²) < 4.78 is 0. The summed E-state index contributed by atoms with van der Waals surface area (Å²) in [6.07, 6.45) is 0. The Morgan fingerprint density at radius 3 is 2.47 bits per heavy atom. The number of nitrogens with one attached hydrogen (secondary N) is 2. The summed E-state index contributed by atoms with van der Waals surface area (Å²) in [6.45, 7) is 1.87. The molecule has 0 spiro atoms. The molecular weight excluding hydrogens is 258 g/mol. The summed E-state index contributed by atoms with van der Waals surface area (Å²) in [5.41, 5.74) is 2.53. The normalized spacial score (nSPS) is 18.7. The number of amides is 1. The van der Waals surface area contributed by atoms with Crippen molar-refractivity contribution in [3.05, 3.63) is 47.2 Å². The quantitative estimate of drug-likeness (QED) is 0.804. The first-order valence-corrected chi connectivity index (χ1v) is 6.46. The van der Waals surface area contributed by atoms with Crippen molar-refractivity contribution >= 4 is 23.2 Å². The number of likely N-dealkylation sites (N-methyl/N-ethyl adjacent to an activating group) is 1. The van der Waals surface area contributed by atoms with Crippen molar-refractivity contribution in [1.29, 1.82) is 0 Å². The van der Waals surface area contributed by atoms with Gasteiger partial charge in [-0.25, -0.2) is 0 Å². The fraction of sp³-hybridized carbons (Fsp3) is 0.286. The molecule has 100 valence electrons. The number of rotatable bonds is 2. The van der Waals surface area contributed by atoms with E-state index in [0.717, 1.165) is 11.3 Å². The van der Waals surface area contributed by atoms with Gasteiger partial charge in [-0.2, -0.15) is 0 Å². The van der Waals surface area contributed by atoms with E-state index in [0.29, 0.717) is 10.7 Å². The average molecular weight is 275 g/mol. The van der Waals surface area contributed by atoms with Crippen LogP contribution in [0.1, 0.15) is 18.5 Å². The number of hydrogen-bond donors (Lipinski definition) is 2. The molecule has 0 radical (unpaired) electrons. The molecule has 2 N–H and O–H groups in total. The molecule has 1 amide bonds. The molecule has 0 fully saturated rings. The molecule has 0 saturated heterocycles. The van der Waals surface area contributed by atoms with E-state index in [1.54, 1.807) is 19.0 Å². The second-order valence-electron chi connectivity index (χ2n) is 4.68. The number of allylic oxidation sites excluding steroid dienone is 1. The van der Waals surface area contributed by atoms with E-state index in [1.165, 1.54) is 0 Å². The Balaban J connectivity index is 2.47. The van der Waals surface area contributed by atoms with Gasteiger partial charge in [-0.3, -0.25) is 4.79 Å². The molecule has 1 aromatic rings. The highest BCUT2D eigenvalue weighted by molar-refractivity contribution is 7.80. The topological polar surface area (TPSA) is 44.4 Å². The highest BCUT2D eigenvalue weighted by Crippen LogP contribution is 2.27. The van der Waals surface area contributed by atoms with Crippen LogP contribution in [0.4, 0.5) is 0 Å². The maximum atomic E-state index is 12.3. The summed E-state index contributed by atoms with van der Waals surface area (Å²) in [7, 11) is 3.50. The van der Waals surface area contributed by atoms with Crippen LogP contribution in [0.3, 0.4) is 0 Å². The van der Waals surface area contributed by atoms with Crippen LogP contribution in [-0.4, -0.2) is 30.0 Å². The maximum Gasteiger partial charge on any atom is 0.253 e. The van der Waals surface area contributed by atoms with Crippen LogP contribution >= 0.6 is 12.2 Å². The average Bonchev–Trinajstić information content (AvgIpc) is 2.38. The number of thiocarbonyl (C=S) groups is 1. The third kappa shape index (κ3) is 2.76. The van der Waals surface area contributed by atoms with Gasteiger partial charge in [0.1, 0.15) is 0 Å². The summed E-state index contributed by atoms with van der Waals surface area (Å²) >= 11 is 5.18. The summed E-state index contributed by atoms with van der Waals surface area (Å²) in [4.78, 5) is 13.9. The molecule has 2 rings (SSSR count). The third-order valence-electron chi connectivity index (χ3n) is 3.04. The van der Waals surface area contributed by atoms with Gasteiger partial charge in [-0.15, -0.1) is 0 Å². The highest BCUT2D eigenvalue weighted by Gasteiger charge is 2.30. The number of nitrogens with zero attached hydrogens (tertiary/aromatic N) is 1. The number of carbonyl (C=O) groups excluding carboxylic acids is 1. The molecular formula is C14H17N3OS. The van der Waals surface area contributed by atoms with Crippen LogP contribution in [0.15, 0.2) is 41.6 Å². The fourth-order valence-corrected chi connectivity index (χ4v) is 2.38. The molecule has 1 heterocycles. The molecule has 1 unspecified atom stereocenters. The van der Waals surface area contributed by atoms with Gasteiger partial charge in [0.2, 0.25) is 0 Å². The highest BCUT2D eigenvalue weighted by atomic mass is 32.1. The van der Waals surface area contributed by atoms with E-state index in [-0.39, 0.29) is 11.9 Å². The zero-order valence-corrected chi connectivity index (χ0v) is 12.0. The van der Waals surface area contributed by atoms with Crippen LogP contribution in [0, 0.1) is 0 Å². The van der Waals surface area contributed by atoms with Gasteiger partial charge in [-0.1, -0.05) is 30.3 Å². The Kier molecular flexibility index (Phi) is 3.85. The zero-order valence-electron chi connectivity index (χ0n) is 11.2. The Morgan fingerprint density at radius 2 is 1.89 bits per heavy atom. The van der Waals surface area contributed by atoms with Gasteiger partial charge in [0.05, 0.1) is 11.6 Å². The Bertz CT molecular complexity index is 537. The van der Waals surface area contributed by atoms with E-state index < -0.39 is 0 Å². The van der Waals surface area contributed by atoms with E-state index >= 15 is 0 Å². The van der Waals surface area contributed by atoms with Gasteiger partial charge in [-0.05, 0) is 24.7 Å². The second kappa shape index (κ2) is 5.40. The lowest BCUT2D eigenvalue weighted by Crippen LogP contribution is -2.46. The molecule has 4 nitrogen and oxygen atoms in total. The van der Waals surface area contributed by atoms with Crippen molar-refractivity contribution in [2.24, 2.45) is 0 Å². The zero-order chi connectivity index (χ0) is 14.0. The smallest absolute Gasteiger partial charge is 0.253 e. The molecule has 5 heteroatoms. The Morgan fingerprint density at radius 1 is 1.26 bits per heavy atom. The Hall–Kier alpha value is -1.88. The van der Waals surface area contributed by atoms with Crippen molar-refractivity contribution < 1.29 is 4.79 Å². The summed E-state index contributed by atoms with van der Waals surface area (Å²) in [5, 5.41) is 6.72. The standard InChI is InChI=1S/C14H17N3OS/c1-9-11(13(18)17(2)3)12(16-14(19)15-9)10-7-5-4-6-8-10/h4-8,12H,1-3H3,(H2,15,16,19). The first-order valence-electron chi connectivity index (χ1n) is 6.05. The number of carbonyl (C=O) groups is 1. The molecule has 0 bridgehead atoms. The number of hydrogen-bond acceptors (Lipinski definition) is 2. The van der Waals surface area contributed by atoms with Gasteiger partial charge in [0.25, 0.3) is 5.91 Å². The molecule has 1 aliphatic rings. The SMILES string of the molecule is CC1=C(C(=O)N(C)C)C(c2ccccc2)NC(=S)N1. The fourth-order valence-electron chi connectivity index (χ4n) is 2.11. The van der Waals surface area contributed by atoms with E-state index in [1.807, 2.05) is 37.3 Å². The lowest BCUT2D eigenvalue weighted by atomic mass is 9.95. The van der Waals surface area contributed by atoms with E-state index in [2.05, 4.69) is 10.6 Å². The molecule has 1 atom stereocenters. The summed E-state index contributed by atoms with van der Waals surface area (Å²) in [5.74, 6) is -0.0196. The minimum absolute atomic E-state index is 0.0196. The van der Waals surface area contributed by atoms with Gasteiger partial charge < -0.3 is 15.5 Å². The number of benzene rings is 1. The monoisotopic (exact) mass is 275 g/mol. The van der Waals surface area contributed by atoms with Gasteiger partial charge in [0, 0.05) is 19.8 Å². The van der Waals surface area contributed by atoms with Crippen molar-refractivity contribution in [3.8, 4) is 0 Å². The van der Waals surface area contributed by atoms with Crippen LogP contribution < -0.4 is 10.6 Å². The first-order chi connectivity index (χ1) is 9.00. The molecule has 0 aromatic heterocycles. The molecule has 0 saturated carbocycles.